The number of amides is 1. The van der Waals surface area contributed by atoms with Gasteiger partial charge in [0.25, 0.3) is 0 Å². The topological polar surface area (TPSA) is 107 Å². The van der Waals surface area contributed by atoms with Crippen molar-refractivity contribution in [2.45, 2.75) is 63.7 Å². The quantitative estimate of drug-likeness (QED) is 0.636. The minimum Gasteiger partial charge on any atom is -0.487 e. The number of ether oxygens (including phenoxy) is 1. The molecule has 1 aromatic rings. The van der Waals surface area contributed by atoms with Crippen LogP contribution in [0, 0.1) is 17.8 Å². The maximum absolute atomic E-state index is 13.4. The fraction of sp³-hybridized carbons (Fsp3) is 0.609. The minimum absolute atomic E-state index is 0.0204. The summed E-state index contributed by atoms with van der Waals surface area (Å²) in [7, 11) is -2.26. The van der Waals surface area contributed by atoms with Crippen molar-refractivity contribution in [1.82, 2.24) is 9.21 Å². The molecule has 0 spiro atoms. The van der Waals surface area contributed by atoms with E-state index in [1.807, 2.05) is 6.92 Å². The molecule has 0 aliphatic carbocycles. The highest BCUT2D eigenvalue weighted by molar-refractivity contribution is 7.89. The Balaban J connectivity index is 2.60. The molecule has 0 unspecified atom stereocenters. The van der Waals surface area contributed by atoms with Crippen LogP contribution in [0.4, 0.5) is 0 Å². The van der Waals surface area contributed by atoms with Gasteiger partial charge in [-0.05, 0) is 39.0 Å². The zero-order valence-electron chi connectivity index (χ0n) is 19.6. The summed E-state index contributed by atoms with van der Waals surface area (Å²) in [5, 5.41) is 19.6. The van der Waals surface area contributed by atoms with Crippen LogP contribution in [0.2, 0.25) is 0 Å². The summed E-state index contributed by atoms with van der Waals surface area (Å²) in [5.74, 6) is 5.39. The molecule has 8 nitrogen and oxygen atoms in total. The maximum atomic E-state index is 13.4. The van der Waals surface area contributed by atoms with Crippen LogP contribution >= 0.6 is 0 Å². The normalized spacial score (nSPS) is 21.8. The molecule has 1 aliphatic rings. The molecule has 178 valence electrons. The Morgan fingerprint density at radius 2 is 2.06 bits per heavy atom. The van der Waals surface area contributed by atoms with Crippen molar-refractivity contribution in [2.75, 3.05) is 26.7 Å². The highest BCUT2D eigenvalue weighted by atomic mass is 32.2. The van der Waals surface area contributed by atoms with Crippen molar-refractivity contribution in [3.63, 3.8) is 0 Å². The van der Waals surface area contributed by atoms with Crippen molar-refractivity contribution in [3.05, 3.63) is 23.8 Å². The summed E-state index contributed by atoms with van der Waals surface area (Å²) >= 11 is 0. The van der Waals surface area contributed by atoms with E-state index in [1.165, 1.54) is 10.4 Å². The first kappa shape index (κ1) is 26.1. The Hall–Kier alpha value is -2.12. The highest BCUT2D eigenvalue weighted by Gasteiger charge is 2.38. The number of carbonyl (C=O) groups excluding carboxylic acids is 1. The van der Waals surface area contributed by atoms with Gasteiger partial charge in [-0.15, -0.1) is 0 Å². The summed E-state index contributed by atoms with van der Waals surface area (Å²) in [5.41, 5.74) is -0.710. The summed E-state index contributed by atoms with van der Waals surface area (Å²) in [6.45, 7) is 8.51. The number of sulfonamides is 1. The zero-order valence-corrected chi connectivity index (χ0v) is 20.4. The summed E-state index contributed by atoms with van der Waals surface area (Å²) in [4.78, 5) is 13.7. The Labute approximate surface area is 191 Å². The van der Waals surface area contributed by atoms with Gasteiger partial charge in [0, 0.05) is 37.5 Å². The molecule has 2 rings (SSSR count). The highest BCUT2D eigenvalue weighted by Crippen LogP contribution is 2.34. The predicted molar refractivity (Wildman–Crippen MR) is 122 cm³/mol. The molecule has 0 saturated heterocycles. The van der Waals surface area contributed by atoms with Crippen LogP contribution in [-0.2, 0) is 14.8 Å². The second-order valence-electron chi connectivity index (χ2n) is 8.84. The third-order valence-electron chi connectivity index (χ3n) is 5.36. The average Bonchev–Trinajstić information content (AvgIpc) is 2.72. The maximum Gasteiger partial charge on any atom is 0.247 e. The lowest BCUT2D eigenvalue weighted by atomic mass is 10.0. The molecule has 0 radical (unpaired) electrons. The van der Waals surface area contributed by atoms with Gasteiger partial charge in [-0.3, -0.25) is 4.79 Å². The van der Waals surface area contributed by atoms with E-state index in [9.17, 15) is 23.4 Å². The monoisotopic (exact) mass is 466 g/mol. The summed E-state index contributed by atoms with van der Waals surface area (Å²) in [6, 6.07) is 3.91. The van der Waals surface area contributed by atoms with Crippen molar-refractivity contribution in [1.29, 1.82) is 0 Å². The molecule has 0 aromatic heterocycles. The Bertz CT molecular complexity index is 990. The smallest absolute Gasteiger partial charge is 0.247 e. The number of hydrogen-bond donors (Lipinski definition) is 2. The molecule has 0 bridgehead atoms. The minimum atomic E-state index is -3.95. The predicted octanol–water partition coefficient (Wildman–Crippen LogP) is 1.45. The Morgan fingerprint density at radius 3 is 2.62 bits per heavy atom. The molecule has 0 fully saturated rings. The van der Waals surface area contributed by atoms with Gasteiger partial charge >= 0.3 is 0 Å². The van der Waals surface area contributed by atoms with Gasteiger partial charge in [0.1, 0.15) is 22.4 Å². The van der Waals surface area contributed by atoms with Gasteiger partial charge in [0.2, 0.25) is 15.9 Å². The second kappa shape index (κ2) is 10.2. The first-order valence-corrected chi connectivity index (χ1v) is 12.2. The van der Waals surface area contributed by atoms with Crippen LogP contribution in [0.5, 0.6) is 5.75 Å². The van der Waals surface area contributed by atoms with Crippen molar-refractivity contribution >= 4 is 15.9 Å². The van der Waals surface area contributed by atoms with Crippen molar-refractivity contribution in [3.8, 4) is 17.6 Å². The molecular formula is C23H34N2O6S. The lowest BCUT2D eigenvalue weighted by molar-refractivity contribution is -0.131. The number of aliphatic hydroxyl groups is 2. The summed E-state index contributed by atoms with van der Waals surface area (Å²) in [6.07, 6.45) is -0.122. The van der Waals surface area contributed by atoms with Crippen LogP contribution in [-0.4, -0.2) is 78.2 Å². The Morgan fingerprint density at radius 1 is 1.41 bits per heavy atom. The Kier molecular flexibility index (Phi) is 8.34. The number of carbonyl (C=O) groups is 1. The largest absolute Gasteiger partial charge is 0.487 e. The van der Waals surface area contributed by atoms with E-state index in [0.29, 0.717) is 12.0 Å². The van der Waals surface area contributed by atoms with Gasteiger partial charge in [-0.25, -0.2) is 8.42 Å². The number of aliphatic hydroxyl groups excluding tert-OH is 1. The van der Waals surface area contributed by atoms with Crippen LogP contribution in [0.25, 0.3) is 0 Å². The van der Waals surface area contributed by atoms with E-state index >= 15 is 0 Å². The number of benzene rings is 1. The molecule has 9 heteroatoms. The van der Waals surface area contributed by atoms with Crippen molar-refractivity contribution in [2.24, 2.45) is 5.92 Å². The van der Waals surface area contributed by atoms with E-state index in [-0.39, 0.29) is 42.2 Å². The van der Waals surface area contributed by atoms with Crippen LogP contribution in [0.1, 0.15) is 46.6 Å². The van der Waals surface area contributed by atoms with Gasteiger partial charge in [-0.2, -0.15) is 4.31 Å². The van der Waals surface area contributed by atoms with Crippen LogP contribution in [0.15, 0.2) is 23.1 Å². The zero-order chi connectivity index (χ0) is 24.3. The van der Waals surface area contributed by atoms with E-state index in [0.717, 1.165) is 0 Å². The van der Waals surface area contributed by atoms with Gasteiger partial charge < -0.3 is 19.8 Å². The third kappa shape index (κ3) is 6.23. The summed E-state index contributed by atoms with van der Waals surface area (Å²) < 4.78 is 34.3. The lowest BCUT2D eigenvalue weighted by Crippen LogP contribution is -2.50. The molecule has 32 heavy (non-hydrogen) atoms. The van der Waals surface area contributed by atoms with Gasteiger partial charge in [0.05, 0.1) is 13.2 Å². The fourth-order valence-corrected chi connectivity index (χ4v) is 5.21. The third-order valence-corrected chi connectivity index (χ3v) is 7.38. The molecule has 1 amide bonds. The first-order valence-electron chi connectivity index (χ1n) is 10.7. The second-order valence-corrected chi connectivity index (χ2v) is 10.7. The molecule has 3 atom stereocenters. The van der Waals surface area contributed by atoms with Crippen LogP contribution < -0.4 is 4.74 Å². The lowest BCUT2D eigenvalue weighted by Gasteiger charge is -2.37. The number of rotatable bonds is 5. The SMILES string of the molecule is CCC(=O)N(C)C[C@H]1Oc2cc(C#CC(C)(C)O)ccc2S(=O)(=O)N([C@H](C)CO)C[C@@H]1C. The number of hydrogen-bond acceptors (Lipinski definition) is 6. The molecule has 0 saturated carbocycles. The number of nitrogens with zero attached hydrogens (tertiary/aromatic N) is 2. The number of fused-ring (bicyclic) bond motifs is 1. The molecule has 1 aliphatic heterocycles. The van der Waals surface area contributed by atoms with Gasteiger partial charge in [-0.1, -0.05) is 25.7 Å². The van der Waals surface area contributed by atoms with Crippen molar-refractivity contribution < 1.29 is 28.2 Å². The van der Waals surface area contributed by atoms with E-state index in [2.05, 4.69) is 11.8 Å². The van der Waals surface area contributed by atoms with E-state index in [1.54, 1.807) is 51.8 Å². The van der Waals surface area contributed by atoms with E-state index < -0.39 is 27.8 Å². The fourth-order valence-electron chi connectivity index (χ4n) is 3.39. The first-order chi connectivity index (χ1) is 14.8. The van der Waals surface area contributed by atoms with E-state index in [4.69, 9.17) is 4.74 Å². The molecule has 1 aromatic carbocycles. The molecule has 1 heterocycles. The number of likely N-dealkylation sites (N-methyl/N-ethyl adjacent to an activating group) is 1. The van der Waals surface area contributed by atoms with Crippen LogP contribution in [0.3, 0.4) is 0 Å². The van der Waals surface area contributed by atoms with Gasteiger partial charge in [0.15, 0.2) is 0 Å². The average molecular weight is 467 g/mol. The molecular weight excluding hydrogens is 432 g/mol. The standard InChI is InChI=1S/C23H34N2O6S/c1-7-22(27)24(6)14-20-16(2)13-25(17(3)15-26)32(29,30)21-9-8-18(12-19(21)31-20)10-11-23(4,5)28/h8-9,12,16-17,20,26,28H,7,13-15H2,1-6H3/t16-,17+,20+/m0/s1. The molecule has 2 N–H and O–H groups in total.